The van der Waals surface area contributed by atoms with E-state index in [0.29, 0.717) is 12.2 Å². The van der Waals surface area contributed by atoms with Crippen molar-refractivity contribution in [1.82, 2.24) is 29.7 Å². The molecule has 0 aliphatic carbocycles. The number of aryl methyl sites for hydroxylation is 2. The van der Waals surface area contributed by atoms with Crippen LogP contribution in [0.15, 0.2) is 48.7 Å². The summed E-state index contributed by atoms with van der Waals surface area (Å²) < 4.78 is 2.02. The molecule has 5 rings (SSSR count). The molecule has 0 saturated carbocycles. The van der Waals surface area contributed by atoms with E-state index in [0.717, 1.165) is 42.1 Å². The van der Waals surface area contributed by atoms with Gasteiger partial charge in [0.2, 0.25) is 0 Å². The van der Waals surface area contributed by atoms with Crippen molar-refractivity contribution in [2.75, 3.05) is 13.1 Å². The molecule has 1 atom stereocenters. The van der Waals surface area contributed by atoms with E-state index < -0.39 is 0 Å². The van der Waals surface area contributed by atoms with E-state index in [1.165, 1.54) is 11.1 Å². The van der Waals surface area contributed by atoms with Crippen LogP contribution in [0.25, 0.3) is 16.9 Å². The van der Waals surface area contributed by atoms with E-state index in [4.69, 9.17) is 0 Å². The molecule has 1 aliphatic rings. The molecule has 1 saturated heterocycles. The SMILES string of the molecule is Cc1ccc(-c2cc(C(=O)N3CCCC(c4nnc5ccccn45)C3)[nH]n2)cc1C. The Morgan fingerprint density at radius 1 is 1.10 bits per heavy atom. The van der Waals surface area contributed by atoms with Crippen LogP contribution >= 0.6 is 0 Å². The molecule has 4 heterocycles. The van der Waals surface area contributed by atoms with Crippen LogP contribution < -0.4 is 0 Å². The second kappa shape index (κ2) is 7.40. The fraction of sp³-hybridized carbons (Fsp3) is 0.304. The Bertz CT molecular complexity index is 1220. The second-order valence-electron chi connectivity index (χ2n) is 8.04. The third kappa shape index (κ3) is 3.26. The first-order valence-electron chi connectivity index (χ1n) is 10.3. The molecule has 1 unspecified atom stereocenters. The number of benzene rings is 1. The molecule has 0 bridgehead atoms. The van der Waals surface area contributed by atoms with Crippen LogP contribution in [0.4, 0.5) is 0 Å². The lowest BCUT2D eigenvalue weighted by molar-refractivity contribution is 0.0698. The van der Waals surface area contributed by atoms with Crippen molar-refractivity contribution in [3.63, 3.8) is 0 Å². The number of aromatic nitrogens is 5. The number of hydrogen-bond donors (Lipinski definition) is 1. The average molecular weight is 400 g/mol. The van der Waals surface area contributed by atoms with E-state index in [1.54, 1.807) is 0 Å². The number of carbonyl (C=O) groups is 1. The van der Waals surface area contributed by atoms with Crippen molar-refractivity contribution in [2.24, 2.45) is 0 Å². The van der Waals surface area contributed by atoms with Gasteiger partial charge in [0.15, 0.2) is 5.65 Å². The zero-order valence-electron chi connectivity index (χ0n) is 17.2. The summed E-state index contributed by atoms with van der Waals surface area (Å²) in [5.41, 5.74) is 5.62. The molecular formula is C23H24N6O. The zero-order valence-corrected chi connectivity index (χ0v) is 17.2. The van der Waals surface area contributed by atoms with Crippen LogP contribution in [0.1, 0.15) is 46.2 Å². The Kier molecular flexibility index (Phi) is 4.58. The molecule has 7 heteroatoms. The number of hydrogen-bond acceptors (Lipinski definition) is 4. The molecule has 1 aliphatic heterocycles. The Morgan fingerprint density at radius 2 is 2.00 bits per heavy atom. The second-order valence-corrected chi connectivity index (χ2v) is 8.04. The highest BCUT2D eigenvalue weighted by Gasteiger charge is 2.29. The molecule has 0 radical (unpaired) electrons. The standard InChI is InChI=1S/C23H24N6O/c1-15-8-9-17(12-16(15)2)19-13-20(25-24-19)23(30)28-10-5-6-18(14-28)22-27-26-21-7-3-4-11-29(21)22/h3-4,7-9,11-13,18H,5-6,10,14H2,1-2H3,(H,24,25). The predicted molar refractivity (Wildman–Crippen MR) is 114 cm³/mol. The van der Waals surface area contributed by atoms with Gasteiger partial charge >= 0.3 is 0 Å². The van der Waals surface area contributed by atoms with Gasteiger partial charge in [-0.2, -0.15) is 5.10 Å². The van der Waals surface area contributed by atoms with Crippen LogP contribution in [0.3, 0.4) is 0 Å². The first-order valence-corrected chi connectivity index (χ1v) is 10.3. The Balaban J connectivity index is 1.36. The summed E-state index contributed by atoms with van der Waals surface area (Å²) in [6, 6.07) is 14.0. The normalized spacial score (nSPS) is 16.9. The summed E-state index contributed by atoms with van der Waals surface area (Å²) in [5.74, 6) is 1.07. The van der Waals surface area contributed by atoms with Crippen molar-refractivity contribution in [3.05, 3.63) is 71.3 Å². The number of amides is 1. The van der Waals surface area contributed by atoms with Crippen molar-refractivity contribution in [3.8, 4) is 11.3 Å². The lowest BCUT2D eigenvalue weighted by Crippen LogP contribution is -2.39. The van der Waals surface area contributed by atoms with E-state index in [-0.39, 0.29) is 11.8 Å². The van der Waals surface area contributed by atoms with Gasteiger partial charge in [-0.05, 0) is 62.1 Å². The fourth-order valence-corrected chi connectivity index (χ4v) is 4.16. The number of likely N-dealkylation sites (tertiary alicyclic amines) is 1. The molecule has 30 heavy (non-hydrogen) atoms. The maximum absolute atomic E-state index is 13.2. The quantitative estimate of drug-likeness (QED) is 0.568. The minimum Gasteiger partial charge on any atom is -0.337 e. The molecular weight excluding hydrogens is 376 g/mol. The molecule has 3 aromatic heterocycles. The van der Waals surface area contributed by atoms with Crippen LogP contribution in [0, 0.1) is 13.8 Å². The van der Waals surface area contributed by atoms with E-state index in [1.807, 2.05) is 45.8 Å². The van der Waals surface area contributed by atoms with E-state index in [9.17, 15) is 4.79 Å². The van der Waals surface area contributed by atoms with E-state index >= 15 is 0 Å². The van der Waals surface area contributed by atoms with Gasteiger partial charge < -0.3 is 4.90 Å². The van der Waals surface area contributed by atoms with Crippen LogP contribution in [0.5, 0.6) is 0 Å². The average Bonchev–Trinajstić information content (AvgIpc) is 3.43. The van der Waals surface area contributed by atoms with Gasteiger partial charge in [0, 0.05) is 30.8 Å². The summed E-state index contributed by atoms with van der Waals surface area (Å²) in [7, 11) is 0. The minimum atomic E-state index is -0.0175. The molecule has 1 amide bonds. The number of rotatable bonds is 3. The highest BCUT2D eigenvalue weighted by atomic mass is 16.2. The van der Waals surface area contributed by atoms with Gasteiger partial charge in [-0.15, -0.1) is 10.2 Å². The van der Waals surface area contributed by atoms with Gasteiger partial charge in [-0.3, -0.25) is 14.3 Å². The summed E-state index contributed by atoms with van der Waals surface area (Å²) >= 11 is 0. The van der Waals surface area contributed by atoms with Gasteiger partial charge in [0.05, 0.1) is 5.69 Å². The van der Waals surface area contributed by atoms with Crippen LogP contribution in [-0.2, 0) is 0 Å². The lowest BCUT2D eigenvalue weighted by Gasteiger charge is -2.31. The Labute approximate surface area is 174 Å². The molecule has 0 spiro atoms. The lowest BCUT2D eigenvalue weighted by atomic mass is 9.97. The summed E-state index contributed by atoms with van der Waals surface area (Å²) in [6.45, 7) is 5.54. The summed E-state index contributed by atoms with van der Waals surface area (Å²) in [6.07, 6.45) is 3.92. The van der Waals surface area contributed by atoms with Crippen LogP contribution in [-0.4, -0.2) is 48.7 Å². The third-order valence-electron chi connectivity index (χ3n) is 6.02. The van der Waals surface area contributed by atoms with E-state index in [2.05, 4.69) is 46.4 Å². The van der Waals surface area contributed by atoms with Crippen molar-refractivity contribution >= 4 is 11.6 Å². The summed E-state index contributed by atoms with van der Waals surface area (Å²) in [4.78, 5) is 15.1. The zero-order chi connectivity index (χ0) is 20.7. The smallest absolute Gasteiger partial charge is 0.271 e. The molecule has 152 valence electrons. The number of fused-ring (bicyclic) bond motifs is 1. The summed E-state index contributed by atoms with van der Waals surface area (Å²) in [5, 5.41) is 16.0. The van der Waals surface area contributed by atoms with Crippen molar-refractivity contribution in [1.29, 1.82) is 0 Å². The molecule has 1 fully saturated rings. The molecule has 1 N–H and O–H groups in total. The Morgan fingerprint density at radius 3 is 2.87 bits per heavy atom. The number of nitrogens with zero attached hydrogens (tertiary/aromatic N) is 5. The monoisotopic (exact) mass is 400 g/mol. The molecule has 4 aromatic rings. The van der Waals surface area contributed by atoms with Gasteiger partial charge in [-0.25, -0.2) is 0 Å². The largest absolute Gasteiger partial charge is 0.337 e. The number of H-pyrrole nitrogens is 1. The topological polar surface area (TPSA) is 79.2 Å². The Hall–Kier alpha value is -3.48. The number of nitrogens with one attached hydrogen (secondary N) is 1. The highest BCUT2D eigenvalue weighted by molar-refractivity contribution is 5.93. The number of pyridine rings is 1. The molecule has 1 aromatic carbocycles. The minimum absolute atomic E-state index is 0.0175. The number of carbonyl (C=O) groups excluding carboxylic acids is 1. The van der Waals surface area contributed by atoms with Gasteiger partial charge in [-0.1, -0.05) is 18.2 Å². The van der Waals surface area contributed by atoms with Crippen LogP contribution in [0.2, 0.25) is 0 Å². The molecule has 7 nitrogen and oxygen atoms in total. The number of piperidine rings is 1. The maximum atomic E-state index is 13.2. The third-order valence-corrected chi connectivity index (χ3v) is 6.02. The predicted octanol–water partition coefficient (Wildman–Crippen LogP) is 3.76. The van der Waals surface area contributed by atoms with Gasteiger partial charge in [0.1, 0.15) is 11.5 Å². The van der Waals surface area contributed by atoms with Gasteiger partial charge in [0.25, 0.3) is 5.91 Å². The van der Waals surface area contributed by atoms with Crippen molar-refractivity contribution < 1.29 is 4.79 Å². The fourth-order valence-electron chi connectivity index (χ4n) is 4.16. The first kappa shape index (κ1) is 18.5. The first-order chi connectivity index (χ1) is 14.6. The maximum Gasteiger partial charge on any atom is 0.271 e. The number of aromatic amines is 1. The van der Waals surface area contributed by atoms with Crippen molar-refractivity contribution in [2.45, 2.75) is 32.6 Å². The highest BCUT2D eigenvalue weighted by Crippen LogP contribution is 2.27.